The van der Waals surface area contributed by atoms with Crippen LogP contribution >= 0.6 is 0 Å². The summed E-state index contributed by atoms with van der Waals surface area (Å²) in [6.45, 7) is 10.7. The number of carbonyl (C=O) groups excluding carboxylic acids is 1. The van der Waals surface area contributed by atoms with Gasteiger partial charge in [0.25, 0.3) is 0 Å². The lowest BCUT2D eigenvalue weighted by Gasteiger charge is -2.58. The molecule has 0 saturated heterocycles. The highest BCUT2D eigenvalue weighted by Crippen LogP contribution is 2.67. The number of carbonyl (C=O) groups is 1. The van der Waals surface area contributed by atoms with E-state index in [-0.39, 0.29) is 18.7 Å². The summed E-state index contributed by atoms with van der Waals surface area (Å²) in [5.74, 6) is 3.72. The van der Waals surface area contributed by atoms with Gasteiger partial charge < -0.3 is 14.9 Å². The number of fused-ring (bicyclic) bond motifs is 5. The molecule has 33 heavy (non-hydrogen) atoms. The fraction of sp³-hybridized carbons (Fsp3) is 0.897. The molecule has 0 aromatic rings. The Morgan fingerprint density at radius 1 is 1.21 bits per heavy atom. The van der Waals surface area contributed by atoms with E-state index >= 15 is 0 Å². The Kier molecular flexibility index (Phi) is 7.11. The highest BCUT2D eigenvalue weighted by atomic mass is 16.5. The summed E-state index contributed by atoms with van der Waals surface area (Å²) in [6, 6.07) is 0. The minimum absolute atomic E-state index is 0.0792. The summed E-state index contributed by atoms with van der Waals surface area (Å²) >= 11 is 0. The molecule has 2 N–H and O–H groups in total. The third kappa shape index (κ3) is 4.68. The van der Waals surface area contributed by atoms with Gasteiger partial charge in [0.15, 0.2) is 0 Å². The molecule has 0 bridgehead atoms. The second-order valence-corrected chi connectivity index (χ2v) is 13.0. The predicted molar refractivity (Wildman–Crippen MR) is 131 cm³/mol. The van der Waals surface area contributed by atoms with Gasteiger partial charge in [0.1, 0.15) is 6.10 Å². The maximum Gasteiger partial charge on any atom is 0.302 e. The van der Waals surface area contributed by atoms with Crippen LogP contribution in [0.5, 0.6) is 0 Å². The highest BCUT2D eigenvalue weighted by Gasteiger charge is 2.59. The lowest BCUT2D eigenvalue weighted by molar-refractivity contribution is -0.148. The average Bonchev–Trinajstić information content (AvgIpc) is 3.11. The smallest absolute Gasteiger partial charge is 0.302 e. The molecule has 0 spiro atoms. The Bertz CT molecular complexity index is 757. The van der Waals surface area contributed by atoms with Crippen molar-refractivity contribution in [3.8, 4) is 0 Å². The van der Waals surface area contributed by atoms with Gasteiger partial charge in [0.2, 0.25) is 0 Å². The van der Waals surface area contributed by atoms with E-state index in [4.69, 9.17) is 4.74 Å². The molecule has 0 radical (unpaired) electrons. The van der Waals surface area contributed by atoms with Crippen molar-refractivity contribution in [2.45, 2.75) is 117 Å². The van der Waals surface area contributed by atoms with E-state index in [9.17, 15) is 15.0 Å². The van der Waals surface area contributed by atoms with Gasteiger partial charge in [0.05, 0.1) is 12.2 Å². The summed E-state index contributed by atoms with van der Waals surface area (Å²) in [4.78, 5) is 11.5. The Hall–Kier alpha value is -0.870. The van der Waals surface area contributed by atoms with E-state index in [0.717, 1.165) is 55.8 Å². The molecule has 3 saturated carbocycles. The summed E-state index contributed by atoms with van der Waals surface area (Å²) in [5, 5.41) is 19.5. The first-order valence-corrected chi connectivity index (χ1v) is 13.7. The van der Waals surface area contributed by atoms with Crippen molar-refractivity contribution in [3.63, 3.8) is 0 Å². The van der Waals surface area contributed by atoms with Crippen molar-refractivity contribution in [2.75, 3.05) is 6.61 Å². The Morgan fingerprint density at radius 2 is 1.97 bits per heavy atom. The molecule has 4 aliphatic carbocycles. The number of aliphatic hydroxyl groups excluding tert-OH is 1. The summed E-state index contributed by atoms with van der Waals surface area (Å²) in [6.07, 6.45) is 15.2. The molecule has 4 heteroatoms. The molecule has 3 fully saturated rings. The van der Waals surface area contributed by atoms with Crippen LogP contribution < -0.4 is 0 Å². The van der Waals surface area contributed by atoms with E-state index < -0.39 is 5.60 Å². The number of ether oxygens (including phenoxy) is 1. The van der Waals surface area contributed by atoms with Gasteiger partial charge in [-0.25, -0.2) is 0 Å². The zero-order valence-corrected chi connectivity index (χ0v) is 21.7. The summed E-state index contributed by atoms with van der Waals surface area (Å²) in [7, 11) is 0. The van der Waals surface area contributed by atoms with Crippen LogP contribution in [-0.2, 0) is 9.53 Å². The summed E-state index contributed by atoms with van der Waals surface area (Å²) in [5.41, 5.74) is 1.37. The summed E-state index contributed by atoms with van der Waals surface area (Å²) < 4.78 is 5.60. The van der Waals surface area contributed by atoms with Crippen LogP contribution in [0.15, 0.2) is 11.6 Å². The van der Waals surface area contributed by atoms with E-state index in [0.29, 0.717) is 23.2 Å². The van der Waals surface area contributed by atoms with Crippen LogP contribution in [0, 0.1) is 40.4 Å². The maximum atomic E-state index is 11.5. The molecule has 0 aliphatic heterocycles. The lowest BCUT2D eigenvalue weighted by Crippen LogP contribution is -2.51. The molecule has 0 aromatic heterocycles. The van der Waals surface area contributed by atoms with Crippen LogP contribution in [0.1, 0.15) is 105 Å². The van der Waals surface area contributed by atoms with Gasteiger partial charge in [0, 0.05) is 13.3 Å². The van der Waals surface area contributed by atoms with Crippen LogP contribution in [-0.4, -0.2) is 34.5 Å². The van der Waals surface area contributed by atoms with E-state index in [1.54, 1.807) is 12.5 Å². The second-order valence-electron chi connectivity index (χ2n) is 13.0. The topological polar surface area (TPSA) is 66.8 Å². The zero-order chi connectivity index (χ0) is 24.0. The molecule has 2 unspecified atom stereocenters. The molecule has 0 amide bonds. The van der Waals surface area contributed by atoms with Crippen LogP contribution in [0.4, 0.5) is 0 Å². The largest absolute Gasteiger partial charge is 0.462 e. The molecule has 4 rings (SSSR count). The van der Waals surface area contributed by atoms with Gasteiger partial charge in [-0.3, -0.25) is 4.79 Å². The van der Waals surface area contributed by atoms with Crippen LogP contribution in [0.3, 0.4) is 0 Å². The fourth-order valence-corrected chi connectivity index (χ4v) is 9.02. The van der Waals surface area contributed by atoms with Crippen molar-refractivity contribution < 1.29 is 19.7 Å². The number of aliphatic hydroxyl groups is 2. The molecule has 0 aromatic carbocycles. The van der Waals surface area contributed by atoms with Gasteiger partial charge in [-0.2, -0.15) is 0 Å². The van der Waals surface area contributed by atoms with Crippen molar-refractivity contribution >= 4 is 5.97 Å². The van der Waals surface area contributed by atoms with Crippen molar-refractivity contribution in [1.82, 2.24) is 0 Å². The third-order valence-corrected chi connectivity index (χ3v) is 10.9. The Morgan fingerprint density at radius 3 is 2.67 bits per heavy atom. The fourth-order valence-electron chi connectivity index (χ4n) is 9.02. The molecular formula is C29H48O4. The molecule has 4 aliphatic rings. The first-order chi connectivity index (χ1) is 15.5. The molecule has 9 atom stereocenters. The average molecular weight is 461 g/mol. The Balaban J connectivity index is 1.44. The third-order valence-electron chi connectivity index (χ3n) is 10.9. The van der Waals surface area contributed by atoms with E-state index in [1.807, 2.05) is 0 Å². The number of hydrogen-bond acceptors (Lipinski definition) is 4. The molecular weight excluding hydrogens is 412 g/mol. The van der Waals surface area contributed by atoms with Gasteiger partial charge in [-0.05, 0) is 98.7 Å². The van der Waals surface area contributed by atoms with E-state index in [1.165, 1.54) is 39.0 Å². The standard InChI is InChI=1S/C29H48O4/c1-19(7-6-14-27(3,32)18-30)24-10-11-25-23-9-8-21-17-22(33-20(2)31)12-15-28(21,4)26(23)13-16-29(24,25)5/h8,19,22-26,30,32H,6-7,9-18H2,1-5H3/t19-,22?,23+,24-,25+,26+,27?,28+,29-/m1/s1. The quantitative estimate of drug-likeness (QED) is 0.359. The zero-order valence-electron chi connectivity index (χ0n) is 21.7. The van der Waals surface area contributed by atoms with Crippen molar-refractivity contribution in [1.29, 1.82) is 0 Å². The predicted octanol–water partition coefficient (Wildman–Crippen LogP) is 6.05. The first kappa shape index (κ1) is 25.2. The van der Waals surface area contributed by atoms with E-state index in [2.05, 4.69) is 26.8 Å². The monoisotopic (exact) mass is 460 g/mol. The number of allylic oxidation sites excluding steroid dienone is 1. The van der Waals surface area contributed by atoms with Gasteiger partial charge >= 0.3 is 5.97 Å². The number of esters is 1. The van der Waals surface area contributed by atoms with Crippen LogP contribution in [0.2, 0.25) is 0 Å². The minimum Gasteiger partial charge on any atom is -0.462 e. The Labute approximate surface area is 201 Å². The SMILES string of the molecule is CC(=O)OC1CC[C@@]2(C)C(=CC[C@H]3[C@@H]4CC[C@H]([C@H](C)CCCC(C)(O)CO)[C@@]4(C)CC[C@@H]32)C1. The maximum absolute atomic E-state index is 11.5. The molecule has 4 nitrogen and oxygen atoms in total. The van der Waals surface area contributed by atoms with Crippen molar-refractivity contribution in [2.24, 2.45) is 40.4 Å². The number of hydrogen-bond donors (Lipinski definition) is 2. The second kappa shape index (κ2) is 9.30. The highest BCUT2D eigenvalue weighted by molar-refractivity contribution is 5.66. The molecule has 188 valence electrons. The van der Waals surface area contributed by atoms with Gasteiger partial charge in [-0.15, -0.1) is 0 Å². The minimum atomic E-state index is -0.935. The molecule has 0 heterocycles. The van der Waals surface area contributed by atoms with Crippen LogP contribution in [0.25, 0.3) is 0 Å². The number of rotatable bonds is 7. The lowest BCUT2D eigenvalue weighted by atomic mass is 9.47. The first-order valence-electron chi connectivity index (χ1n) is 13.7. The normalized spacial score (nSPS) is 42.9. The van der Waals surface area contributed by atoms with Crippen molar-refractivity contribution in [3.05, 3.63) is 11.6 Å². The van der Waals surface area contributed by atoms with Gasteiger partial charge in [-0.1, -0.05) is 45.3 Å².